The number of carbonyl (C=O) groups is 1. The number of likely N-dealkylation sites (tertiary alicyclic amines) is 1. The molecule has 1 amide bonds. The summed E-state index contributed by atoms with van der Waals surface area (Å²) < 4.78 is 0. The molecule has 3 nitrogen and oxygen atoms in total. The molecule has 0 aromatic heterocycles. The molecule has 0 aliphatic carbocycles. The summed E-state index contributed by atoms with van der Waals surface area (Å²) in [6.45, 7) is 1.69. The molecule has 0 saturated carbocycles. The van der Waals surface area contributed by atoms with Crippen LogP contribution in [-0.4, -0.2) is 40.9 Å². The van der Waals surface area contributed by atoms with Gasteiger partial charge in [-0.2, -0.15) is 0 Å². The van der Waals surface area contributed by atoms with Crippen LogP contribution in [0.3, 0.4) is 0 Å². The molecule has 2 atom stereocenters. The number of thioether (sulfide) groups is 1. The lowest BCUT2D eigenvalue weighted by Gasteiger charge is -2.34. The van der Waals surface area contributed by atoms with Gasteiger partial charge >= 0.3 is 0 Å². The Morgan fingerprint density at radius 3 is 2.80 bits per heavy atom. The van der Waals surface area contributed by atoms with Gasteiger partial charge in [-0.05, 0) is 31.4 Å². The molecule has 2 fully saturated rings. The van der Waals surface area contributed by atoms with Crippen LogP contribution < -0.4 is 5.73 Å². The highest BCUT2D eigenvalue weighted by atomic mass is 32.2. The van der Waals surface area contributed by atoms with Gasteiger partial charge in [0.2, 0.25) is 5.91 Å². The second kappa shape index (κ2) is 5.21. The molecule has 2 rings (SSSR count). The molecule has 0 bridgehead atoms. The molecule has 4 heteroatoms. The van der Waals surface area contributed by atoms with Gasteiger partial charge < -0.3 is 10.6 Å². The van der Waals surface area contributed by atoms with Crippen LogP contribution in [0, 0.1) is 0 Å². The Kier molecular flexibility index (Phi) is 3.92. The van der Waals surface area contributed by atoms with Crippen LogP contribution in [0.1, 0.15) is 32.1 Å². The van der Waals surface area contributed by atoms with Gasteiger partial charge in [0.25, 0.3) is 0 Å². The van der Waals surface area contributed by atoms with E-state index >= 15 is 0 Å². The Morgan fingerprint density at radius 1 is 1.27 bits per heavy atom. The fourth-order valence-corrected chi connectivity index (χ4v) is 3.63. The molecule has 0 radical (unpaired) electrons. The predicted molar refractivity (Wildman–Crippen MR) is 63.9 cm³/mol. The minimum Gasteiger partial charge on any atom is -0.340 e. The van der Waals surface area contributed by atoms with E-state index in [2.05, 4.69) is 0 Å². The first kappa shape index (κ1) is 11.3. The summed E-state index contributed by atoms with van der Waals surface area (Å²) in [5.41, 5.74) is 5.89. The van der Waals surface area contributed by atoms with Gasteiger partial charge in [-0.3, -0.25) is 4.79 Å². The van der Waals surface area contributed by atoms with E-state index in [1.54, 1.807) is 0 Å². The third-order valence-electron chi connectivity index (χ3n) is 3.22. The van der Waals surface area contributed by atoms with E-state index < -0.39 is 0 Å². The molecule has 0 aromatic carbocycles. The lowest BCUT2D eigenvalue weighted by atomic mass is 10.1. The van der Waals surface area contributed by atoms with Crippen molar-refractivity contribution in [1.29, 1.82) is 0 Å². The van der Waals surface area contributed by atoms with Crippen LogP contribution in [0.25, 0.3) is 0 Å². The summed E-state index contributed by atoms with van der Waals surface area (Å²) in [5.74, 6) is 1.49. The number of hydrogen-bond acceptors (Lipinski definition) is 3. The first-order valence-electron chi connectivity index (χ1n) is 5.93. The van der Waals surface area contributed by atoms with Crippen LogP contribution >= 0.6 is 11.8 Å². The lowest BCUT2D eigenvalue weighted by molar-refractivity contribution is -0.131. The highest BCUT2D eigenvalue weighted by Gasteiger charge is 2.28. The fraction of sp³-hybridized carbons (Fsp3) is 0.909. The second-order valence-electron chi connectivity index (χ2n) is 4.54. The average Bonchev–Trinajstić information content (AvgIpc) is 2.29. The van der Waals surface area contributed by atoms with Gasteiger partial charge in [-0.25, -0.2) is 0 Å². The third-order valence-corrected chi connectivity index (χ3v) is 4.59. The maximum Gasteiger partial charge on any atom is 0.235 e. The minimum absolute atomic E-state index is 0.205. The van der Waals surface area contributed by atoms with Crippen molar-refractivity contribution in [3.63, 3.8) is 0 Å². The second-order valence-corrected chi connectivity index (χ2v) is 5.85. The normalized spacial score (nSPS) is 32.7. The van der Waals surface area contributed by atoms with E-state index in [1.165, 1.54) is 12.8 Å². The lowest BCUT2D eigenvalue weighted by Crippen LogP contribution is -2.48. The topological polar surface area (TPSA) is 46.3 Å². The summed E-state index contributed by atoms with van der Waals surface area (Å²) in [4.78, 5) is 14.1. The van der Waals surface area contributed by atoms with Crippen LogP contribution in [0.2, 0.25) is 0 Å². The molecule has 2 aliphatic heterocycles. The molecule has 86 valence electrons. The van der Waals surface area contributed by atoms with Gasteiger partial charge in [0.1, 0.15) is 0 Å². The molecule has 2 aliphatic rings. The number of nitrogens with two attached hydrogens (primary N) is 1. The van der Waals surface area contributed by atoms with E-state index in [0.29, 0.717) is 5.91 Å². The van der Waals surface area contributed by atoms with Gasteiger partial charge in [0, 0.05) is 19.1 Å². The zero-order valence-corrected chi connectivity index (χ0v) is 9.97. The smallest absolute Gasteiger partial charge is 0.235 e. The van der Waals surface area contributed by atoms with Crippen LogP contribution in [0.4, 0.5) is 0 Å². The van der Waals surface area contributed by atoms with Crippen LogP contribution in [0.5, 0.6) is 0 Å². The van der Waals surface area contributed by atoms with Gasteiger partial charge in [0.05, 0.1) is 5.25 Å². The third kappa shape index (κ3) is 2.88. The molecule has 15 heavy (non-hydrogen) atoms. The number of amides is 1. The number of piperidine rings is 1. The number of carbonyl (C=O) groups excluding carboxylic acids is 1. The van der Waals surface area contributed by atoms with E-state index in [4.69, 9.17) is 5.73 Å². The quantitative estimate of drug-likeness (QED) is 0.734. The Hall–Kier alpha value is -0.220. The van der Waals surface area contributed by atoms with E-state index in [9.17, 15) is 4.79 Å². The Balaban J connectivity index is 1.88. The van der Waals surface area contributed by atoms with Crippen LogP contribution in [0.15, 0.2) is 0 Å². The zero-order valence-electron chi connectivity index (χ0n) is 9.15. The van der Waals surface area contributed by atoms with Crippen molar-refractivity contribution in [2.45, 2.75) is 43.4 Å². The maximum absolute atomic E-state index is 12.1. The minimum atomic E-state index is 0.205. The predicted octanol–water partition coefficient (Wildman–Crippen LogP) is 1.22. The monoisotopic (exact) mass is 228 g/mol. The molecule has 0 aromatic rings. The van der Waals surface area contributed by atoms with Crippen molar-refractivity contribution < 1.29 is 4.79 Å². The van der Waals surface area contributed by atoms with Crippen molar-refractivity contribution in [2.24, 2.45) is 5.73 Å². The summed E-state index contributed by atoms with van der Waals surface area (Å²) >= 11 is 1.83. The maximum atomic E-state index is 12.1. The average molecular weight is 228 g/mol. The molecule has 2 N–H and O–H groups in total. The Labute approximate surface area is 95.8 Å². The largest absolute Gasteiger partial charge is 0.340 e. The Bertz CT molecular complexity index is 229. The summed E-state index contributed by atoms with van der Waals surface area (Å²) in [6.07, 6.45) is 5.69. The van der Waals surface area contributed by atoms with E-state index in [0.717, 1.165) is 38.1 Å². The van der Waals surface area contributed by atoms with Crippen molar-refractivity contribution in [2.75, 3.05) is 18.8 Å². The van der Waals surface area contributed by atoms with Crippen molar-refractivity contribution >= 4 is 17.7 Å². The van der Waals surface area contributed by atoms with Crippen molar-refractivity contribution in [3.8, 4) is 0 Å². The van der Waals surface area contributed by atoms with Crippen molar-refractivity contribution in [1.82, 2.24) is 4.90 Å². The molecule has 2 heterocycles. The molecule has 2 saturated heterocycles. The zero-order chi connectivity index (χ0) is 10.7. The number of rotatable bonds is 1. The molecular weight excluding hydrogens is 208 g/mol. The first-order chi connectivity index (χ1) is 7.27. The summed E-state index contributed by atoms with van der Waals surface area (Å²) in [6, 6.07) is 0.205. The summed E-state index contributed by atoms with van der Waals surface area (Å²) in [5, 5.41) is 0.226. The molecule has 1 unspecified atom stereocenters. The van der Waals surface area contributed by atoms with Gasteiger partial charge in [-0.1, -0.05) is 6.42 Å². The standard InChI is InChI=1S/C11H20N2OS/c12-9-4-3-6-13(8-9)11(14)10-5-1-2-7-15-10/h9-10H,1-8,12H2/t9-,10?/m1/s1. The fourth-order valence-electron chi connectivity index (χ4n) is 2.35. The SMILES string of the molecule is N[C@@H]1CCCN(C(=O)C2CCCCS2)C1. The number of nitrogens with zero attached hydrogens (tertiary/aromatic N) is 1. The number of hydrogen-bond donors (Lipinski definition) is 1. The first-order valence-corrected chi connectivity index (χ1v) is 6.98. The van der Waals surface area contributed by atoms with E-state index in [-0.39, 0.29) is 11.3 Å². The highest BCUT2D eigenvalue weighted by molar-refractivity contribution is 8.00. The molecule has 0 spiro atoms. The highest BCUT2D eigenvalue weighted by Crippen LogP contribution is 2.27. The summed E-state index contributed by atoms with van der Waals surface area (Å²) in [7, 11) is 0. The Morgan fingerprint density at radius 2 is 2.13 bits per heavy atom. The van der Waals surface area contributed by atoms with Crippen molar-refractivity contribution in [3.05, 3.63) is 0 Å². The van der Waals surface area contributed by atoms with Crippen LogP contribution in [-0.2, 0) is 4.79 Å². The van der Waals surface area contributed by atoms with E-state index in [1.807, 2.05) is 16.7 Å². The molecular formula is C11H20N2OS. The van der Waals surface area contributed by atoms with Gasteiger partial charge in [0.15, 0.2) is 0 Å². The van der Waals surface area contributed by atoms with Gasteiger partial charge in [-0.15, -0.1) is 11.8 Å².